The molecule has 0 aliphatic carbocycles. The molecule has 170 valence electrons. The minimum absolute atomic E-state index is 0.0729. The Hall–Kier alpha value is -0.893. The Morgan fingerprint density at radius 2 is 1.69 bits per heavy atom. The monoisotopic (exact) mass is 438 g/mol. The first-order chi connectivity index (χ1) is 13.9. The second kappa shape index (κ2) is 12.1. The first-order valence-electron chi connectivity index (χ1n) is 9.21. The van der Waals surface area contributed by atoms with E-state index in [9.17, 15) is 4.79 Å². The zero-order chi connectivity index (χ0) is 22.0. The van der Waals surface area contributed by atoms with Crippen molar-refractivity contribution in [1.29, 1.82) is 0 Å². The van der Waals surface area contributed by atoms with Crippen LogP contribution in [0, 0.1) is 0 Å². The Balaban J connectivity index is 3.12. The number of carbonyl (C=O) groups is 1. The lowest BCUT2D eigenvalue weighted by Crippen LogP contribution is -2.67. The van der Waals surface area contributed by atoms with Crippen molar-refractivity contribution in [3.63, 3.8) is 0 Å². The van der Waals surface area contributed by atoms with Crippen molar-refractivity contribution in [3.05, 3.63) is 12.7 Å². The molecule has 0 amide bonds. The molecule has 0 radical (unpaired) electrons. The molecule has 1 fully saturated rings. The summed E-state index contributed by atoms with van der Waals surface area (Å²) in [5.74, 6) is -2.48. The summed E-state index contributed by atoms with van der Waals surface area (Å²) in [6, 6.07) is 0. The van der Waals surface area contributed by atoms with E-state index in [2.05, 4.69) is 6.58 Å². The fourth-order valence-electron chi connectivity index (χ4n) is 3.19. The van der Waals surface area contributed by atoms with Gasteiger partial charge in [0, 0.05) is 55.3 Å². The standard InChI is InChI=1S/C18H34O10Si/c1-8-16(19)28-18(21-3,22-4)14-17(20-2,29(23-5,24-6)25-7)10-9-11-26-12-15-13-27-15/h8,15H,1,9-14H2,2-7H3. The lowest BCUT2D eigenvalue weighted by molar-refractivity contribution is -0.357. The van der Waals surface area contributed by atoms with Crippen LogP contribution in [0.1, 0.15) is 19.3 Å². The molecule has 29 heavy (non-hydrogen) atoms. The minimum Gasteiger partial charge on any atom is -0.404 e. The van der Waals surface area contributed by atoms with Crippen LogP contribution in [0.15, 0.2) is 12.7 Å². The molecule has 11 heteroatoms. The molecule has 0 saturated carbocycles. The summed E-state index contributed by atoms with van der Waals surface area (Å²) in [5.41, 5.74) is 0. The molecule has 1 rings (SSSR count). The van der Waals surface area contributed by atoms with Crippen molar-refractivity contribution >= 4 is 14.8 Å². The van der Waals surface area contributed by atoms with Gasteiger partial charge in [-0.25, -0.2) is 4.79 Å². The van der Waals surface area contributed by atoms with Crippen molar-refractivity contribution in [2.24, 2.45) is 0 Å². The number of epoxide rings is 1. The Kier molecular flexibility index (Phi) is 10.9. The van der Waals surface area contributed by atoms with E-state index in [-0.39, 0.29) is 12.5 Å². The normalized spacial score (nSPS) is 18.9. The van der Waals surface area contributed by atoms with Gasteiger partial charge in [-0.1, -0.05) is 6.58 Å². The zero-order valence-electron chi connectivity index (χ0n) is 18.2. The fraction of sp³-hybridized carbons (Fsp3) is 0.833. The Morgan fingerprint density at radius 1 is 1.10 bits per heavy atom. The SMILES string of the molecule is C=CC(=O)OC(CC(CCCOCC1CO1)(OC)[Si](OC)(OC)OC)(OC)OC. The average molecular weight is 439 g/mol. The Labute approximate surface area is 173 Å². The fourth-order valence-corrected chi connectivity index (χ4v) is 5.97. The maximum absolute atomic E-state index is 11.9. The van der Waals surface area contributed by atoms with Gasteiger partial charge in [0.05, 0.1) is 19.6 Å². The van der Waals surface area contributed by atoms with E-state index in [1.54, 1.807) is 0 Å². The molecule has 0 aromatic rings. The average Bonchev–Trinajstić information content (AvgIpc) is 3.58. The van der Waals surface area contributed by atoms with Gasteiger partial charge in [0.25, 0.3) is 0 Å². The van der Waals surface area contributed by atoms with Gasteiger partial charge in [0.2, 0.25) is 0 Å². The van der Waals surface area contributed by atoms with Crippen LogP contribution in [0.25, 0.3) is 0 Å². The minimum atomic E-state index is -3.45. The molecule has 0 bridgehead atoms. The quantitative estimate of drug-likeness (QED) is 0.0817. The molecule has 1 heterocycles. The molecular formula is C18H34O10Si. The van der Waals surface area contributed by atoms with E-state index in [0.717, 1.165) is 12.7 Å². The molecule has 1 saturated heterocycles. The third-order valence-corrected chi connectivity index (χ3v) is 8.24. The van der Waals surface area contributed by atoms with E-state index >= 15 is 0 Å². The van der Waals surface area contributed by atoms with Crippen LogP contribution in [0.5, 0.6) is 0 Å². The lowest BCUT2D eigenvalue weighted by atomic mass is 10.1. The van der Waals surface area contributed by atoms with Crippen molar-refractivity contribution < 1.29 is 46.5 Å². The van der Waals surface area contributed by atoms with Gasteiger partial charge >= 0.3 is 20.7 Å². The van der Waals surface area contributed by atoms with Crippen LogP contribution >= 0.6 is 0 Å². The largest absolute Gasteiger partial charge is 0.534 e. The van der Waals surface area contributed by atoms with Crippen LogP contribution in [-0.4, -0.2) is 94.6 Å². The molecule has 2 atom stereocenters. The van der Waals surface area contributed by atoms with Gasteiger partial charge in [-0.3, -0.25) is 0 Å². The van der Waals surface area contributed by atoms with Gasteiger partial charge < -0.3 is 41.7 Å². The number of ether oxygens (including phenoxy) is 6. The van der Waals surface area contributed by atoms with Gasteiger partial charge in [0.15, 0.2) is 0 Å². The summed E-state index contributed by atoms with van der Waals surface area (Å²) in [6.45, 7) is 5.14. The third kappa shape index (κ3) is 6.54. The highest BCUT2D eigenvalue weighted by molar-refractivity contribution is 6.64. The van der Waals surface area contributed by atoms with Crippen LogP contribution < -0.4 is 0 Å². The highest BCUT2D eigenvalue weighted by Crippen LogP contribution is 2.40. The summed E-state index contributed by atoms with van der Waals surface area (Å²) in [4.78, 5) is 11.9. The topological polar surface area (TPSA) is 103 Å². The summed E-state index contributed by atoms with van der Waals surface area (Å²) < 4.78 is 50.0. The van der Waals surface area contributed by atoms with Gasteiger partial charge in [-0.05, 0) is 12.8 Å². The summed E-state index contributed by atoms with van der Waals surface area (Å²) >= 11 is 0. The molecule has 0 N–H and O–H groups in total. The second-order valence-electron chi connectivity index (χ2n) is 6.39. The number of methoxy groups -OCH3 is 3. The first-order valence-corrected chi connectivity index (χ1v) is 10.9. The van der Waals surface area contributed by atoms with E-state index in [1.165, 1.54) is 42.7 Å². The van der Waals surface area contributed by atoms with Crippen molar-refractivity contribution in [2.45, 2.75) is 36.6 Å². The maximum Gasteiger partial charge on any atom is 0.534 e. The lowest BCUT2D eigenvalue weighted by Gasteiger charge is -2.45. The number of carbonyl (C=O) groups excluding carboxylic acids is 1. The van der Waals surface area contributed by atoms with Crippen LogP contribution in [0.2, 0.25) is 0 Å². The highest BCUT2D eigenvalue weighted by atomic mass is 28.4. The smallest absolute Gasteiger partial charge is 0.404 e. The molecule has 2 unspecified atom stereocenters. The van der Waals surface area contributed by atoms with Gasteiger partial charge in [-0.15, -0.1) is 0 Å². The number of hydrogen-bond donors (Lipinski definition) is 0. The van der Waals surface area contributed by atoms with Crippen molar-refractivity contribution in [2.75, 3.05) is 62.5 Å². The molecule has 10 nitrogen and oxygen atoms in total. The van der Waals surface area contributed by atoms with Crippen molar-refractivity contribution in [1.82, 2.24) is 0 Å². The predicted molar refractivity (Wildman–Crippen MR) is 104 cm³/mol. The van der Waals surface area contributed by atoms with E-state index in [1.807, 2.05) is 0 Å². The van der Waals surface area contributed by atoms with Crippen molar-refractivity contribution in [3.8, 4) is 0 Å². The van der Waals surface area contributed by atoms with Crippen LogP contribution in [0.3, 0.4) is 0 Å². The molecule has 0 aromatic heterocycles. The van der Waals surface area contributed by atoms with E-state index in [4.69, 9.17) is 41.7 Å². The highest BCUT2D eigenvalue weighted by Gasteiger charge is 2.64. The first kappa shape index (κ1) is 26.1. The predicted octanol–water partition coefficient (Wildman–Crippen LogP) is 1.05. The third-order valence-electron chi connectivity index (χ3n) is 4.88. The van der Waals surface area contributed by atoms with Gasteiger partial charge in [-0.2, -0.15) is 0 Å². The van der Waals surface area contributed by atoms with E-state index < -0.39 is 26.0 Å². The molecule has 1 aliphatic heterocycles. The Bertz CT molecular complexity index is 497. The summed E-state index contributed by atoms with van der Waals surface area (Å²) in [6.07, 6.45) is 2.11. The maximum atomic E-state index is 11.9. The summed E-state index contributed by atoms with van der Waals surface area (Å²) in [7, 11) is 5.20. The summed E-state index contributed by atoms with van der Waals surface area (Å²) in [5, 5.41) is -1.17. The van der Waals surface area contributed by atoms with Crippen LogP contribution in [-0.2, 0) is 46.5 Å². The molecule has 1 aliphatic rings. The van der Waals surface area contributed by atoms with E-state index in [0.29, 0.717) is 26.1 Å². The number of esters is 1. The zero-order valence-corrected chi connectivity index (χ0v) is 19.2. The van der Waals surface area contributed by atoms with Crippen LogP contribution in [0.4, 0.5) is 0 Å². The molecular weight excluding hydrogens is 404 g/mol. The second-order valence-corrected chi connectivity index (χ2v) is 9.64. The Morgan fingerprint density at radius 3 is 2.10 bits per heavy atom. The van der Waals surface area contributed by atoms with Gasteiger partial charge in [0.1, 0.15) is 11.3 Å². The molecule has 0 spiro atoms. The number of rotatable bonds is 17. The molecule has 0 aromatic carbocycles. The number of hydrogen-bond acceptors (Lipinski definition) is 10.